The molecule has 1 saturated heterocycles. The van der Waals surface area contributed by atoms with E-state index in [1.807, 2.05) is 0 Å². The summed E-state index contributed by atoms with van der Waals surface area (Å²) >= 11 is 0. The smallest absolute Gasteiger partial charge is 0.374 e. The molecule has 178 valence electrons. The van der Waals surface area contributed by atoms with Crippen LogP contribution in [0.15, 0.2) is 39.8 Å². The Morgan fingerprint density at radius 1 is 1.15 bits per heavy atom. The van der Waals surface area contributed by atoms with Crippen LogP contribution in [0.1, 0.15) is 27.8 Å². The number of ether oxygens (including phenoxy) is 1. The molecular formula is C20H24N4O8S. The van der Waals surface area contributed by atoms with Gasteiger partial charge in [0, 0.05) is 58.1 Å². The summed E-state index contributed by atoms with van der Waals surface area (Å²) in [6.07, 6.45) is 0. The van der Waals surface area contributed by atoms with E-state index < -0.39 is 26.8 Å². The van der Waals surface area contributed by atoms with Crippen LogP contribution in [0.4, 0.5) is 11.4 Å². The van der Waals surface area contributed by atoms with Gasteiger partial charge in [-0.3, -0.25) is 14.9 Å². The Balaban J connectivity index is 1.75. The molecule has 1 aromatic heterocycles. The first-order valence-electron chi connectivity index (χ1n) is 10.1. The second-order valence-electron chi connectivity index (χ2n) is 7.39. The van der Waals surface area contributed by atoms with Crippen molar-refractivity contribution in [3.63, 3.8) is 0 Å². The Labute approximate surface area is 190 Å². The normalized spacial score (nSPS) is 14.7. The number of furan rings is 1. The maximum absolute atomic E-state index is 13.1. The number of sulfonamides is 1. The summed E-state index contributed by atoms with van der Waals surface area (Å²) < 4.78 is 36.9. The minimum absolute atomic E-state index is 0.00423. The predicted molar refractivity (Wildman–Crippen MR) is 117 cm³/mol. The van der Waals surface area contributed by atoms with Crippen molar-refractivity contribution in [2.75, 3.05) is 51.8 Å². The monoisotopic (exact) mass is 480 g/mol. The number of hydrogen-bond acceptors (Lipinski definition) is 9. The zero-order chi connectivity index (χ0) is 24.3. The van der Waals surface area contributed by atoms with Crippen LogP contribution in [0.25, 0.3) is 0 Å². The van der Waals surface area contributed by atoms with E-state index in [0.717, 1.165) is 4.31 Å². The summed E-state index contributed by atoms with van der Waals surface area (Å²) in [6, 6.07) is 6.47. The Hall–Kier alpha value is -3.45. The van der Waals surface area contributed by atoms with Crippen molar-refractivity contribution >= 4 is 33.3 Å². The molecule has 1 amide bonds. The fourth-order valence-electron chi connectivity index (χ4n) is 3.40. The van der Waals surface area contributed by atoms with Gasteiger partial charge >= 0.3 is 5.97 Å². The standard InChI is InChI=1S/C20H24N4O8S/c1-4-31-20(26)17-7-8-18(32-17)33(29,30)23-11-9-22(10-12-23)19(25)15-13-14(24(27)28)5-6-16(15)21(2)3/h5-8,13H,4,9-12H2,1-3H3. The van der Waals surface area contributed by atoms with E-state index in [-0.39, 0.29) is 54.9 Å². The first-order valence-corrected chi connectivity index (χ1v) is 11.5. The van der Waals surface area contributed by atoms with Crippen molar-refractivity contribution in [1.29, 1.82) is 0 Å². The third-order valence-corrected chi connectivity index (χ3v) is 6.85. The highest BCUT2D eigenvalue weighted by Crippen LogP contribution is 2.27. The third-order valence-electron chi connectivity index (χ3n) is 5.08. The average Bonchev–Trinajstić information content (AvgIpc) is 3.30. The topological polar surface area (TPSA) is 144 Å². The molecule has 1 aromatic carbocycles. The molecule has 0 bridgehead atoms. The van der Waals surface area contributed by atoms with Gasteiger partial charge in [0.2, 0.25) is 10.9 Å². The molecule has 0 unspecified atom stereocenters. The molecule has 33 heavy (non-hydrogen) atoms. The van der Waals surface area contributed by atoms with Gasteiger partial charge in [0.15, 0.2) is 0 Å². The van der Waals surface area contributed by atoms with E-state index in [1.165, 1.54) is 35.2 Å². The van der Waals surface area contributed by atoms with Crippen LogP contribution in [-0.2, 0) is 14.8 Å². The summed E-state index contributed by atoms with van der Waals surface area (Å²) in [4.78, 5) is 38.6. The Bertz CT molecular complexity index is 1170. The number of nitro benzene ring substituents is 1. The maximum Gasteiger partial charge on any atom is 0.374 e. The van der Waals surface area contributed by atoms with E-state index in [2.05, 4.69) is 0 Å². The molecule has 0 N–H and O–H groups in total. The molecule has 13 heteroatoms. The maximum atomic E-state index is 13.1. The number of esters is 1. The van der Waals surface area contributed by atoms with Crippen molar-refractivity contribution in [1.82, 2.24) is 9.21 Å². The zero-order valence-corrected chi connectivity index (χ0v) is 19.2. The minimum atomic E-state index is -4.02. The van der Waals surface area contributed by atoms with Crippen molar-refractivity contribution in [2.45, 2.75) is 12.0 Å². The lowest BCUT2D eigenvalue weighted by Crippen LogP contribution is -2.50. The number of piperazine rings is 1. The van der Waals surface area contributed by atoms with Gasteiger partial charge in [-0.1, -0.05) is 0 Å². The van der Waals surface area contributed by atoms with E-state index >= 15 is 0 Å². The van der Waals surface area contributed by atoms with E-state index in [0.29, 0.717) is 5.69 Å². The Morgan fingerprint density at radius 3 is 2.39 bits per heavy atom. The lowest BCUT2D eigenvalue weighted by molar-refractivity contribution is -0.384. The number of carbonyl (C=O) groups excluding carboxylic acids is 2. The summed E-state index contributed by atoms with van der Waals surface area (Å²) in [7, 11) is -0.582. The number of nitrogens with zero attached hydrogens (tertiary/aromatic N) is 4. The van der Waals surface area contributed by atoms with Gasteiger partial charge in [0.1, 0.15) is 0 Å². The van der Waals surface area contributed by atoms with Crippen molar-refractivity contribution in [3.8, 4) is 0 Å². The first-order chi connectivity index (χ1) is 15.6. The van der Waals surface area contributed by atoms with Crippen LogP contribution in [0.3, 0.4) is 0 Å². The molecule has 0 radical (unpaired) electrons. The number of nitro groups is 1. The second kappa shape index (κ2) is 9.58. The molecule has 2 heterocycles. The highest BCUT2D eigenvalue weighted by atomic mass is 32.2. The molecule has 12 nitrogen and oxygen atoms in total. The number of carbonyl (C=O) groups is 2. The van der Waals surface area contributed by atoms with Gasteiger partial charge in [0.25, 0.3) is 21.6 Å². The van der Waals surface area contributed by atoms with Crippen LogP contribution in [0, 0.1) is 10.1 Å². The van der Waals surface area contributed by atoms with Crippen LogP contribution in [0.2, 0.25) is 0 Å². The van der Waals surface area contributed by atoms with E-state index in [9.17, 15) is 28.1 Å². The predicted octanol–water partition coefficient (Wildman–Crippen LogP) is 1.58. The lowest BCUT2D eigenvalue weighted by Gasteiger charge is -2.34. The van der Waals surface area contributed by atoms with Crippen molar-refractivity contribution in [3.05, 3.63) is 51.8 Å². The SMILES string of the molecule is CCOC(=O)c1ccc(S(=O)(=O)N2CCN(C(=O)c3cc([N+](=O)[O-])ccc3N(C)C)CC2)o1. The van der Waals surface area contributed by atoms with Gasteiger partial charge in [-0.2, -0.15) is 4.31 Å². The number of benzene rings is 1. The molecular weight excluding hydrogens is 456 g/mol. The Morgan fingerprint density at radius 2 is 1.82 bits per heavy atom. The van der Waals surface area contributed by atoms with Gasteiger partial charge in [-0.15, -0.1) is 0 Å². The fourth-order valence-corrected chi connectivity index (χ4v) is 4.73. The van der Waals surface area contributed by atoms with Gasteiger partial charge in [0.05, 0.1) is 17.1 Å². The average molecular weight is 480 g/mol. The largest absolute Gasteiger partial charge is 0.460 e. The lowest BCUT2D eigenvalue weighted by atomic mass is 10.1. The number of anilines is 1. The quantitative estimate of drug-likeness (QED) is 0.328. The molecule has 0 spiro atoms. The summed E-state index contributed by atoms with van der Waals surface area (Å²) in [5.74, 6) is -1.41. The molecule has 3 rings (SSSR count). The van der Waals surface area contributed by atoms with E-state index in [4.69, 9.17) is 9.15 Å². The summed E-state index contributed by atoms with van der Waals surface area (Å²) in [5.41, 5.74) is 0.471. The van der Waals surface area contributed by atoms with Crippen molar-refractivity contribution < 1.29 is 32.1 Å². The minimum Gasteiger partial charge on any atom is -0.460 e. The second-order valence-corrected chi connectivity index (χ2v) is 9.26. The van der Waals surface area contributed by atoms with Gasteiger partial charge < -0.3 is 19.0 Å². The number of rotatable bonds is 7. The molecule has 1 fully saturated rings. The van der Waals surface area contributed by atoms with Crippen LogP contribution < -0.4 is 4.90 Å². The summed E-state index contributed by atoms with van der Waals surface area (Å²) in [6.45, 7) is 1.90. The van der Waals surface area contributed by atoms with Crippen LogP contribution in [-0.4, -0.2) is 81.3 Å². The molecule has 0 saturated carbocycles. The summed E-state index contributed by atoms with van der Waals surface area (Å²) in [5, 5.41) is 10.8. The fraction of sp³-hybridized carbons (Fsp3) is 0.400. The highest BCUT2D eigenvalue weighted by Gasteiger charge is 2.34. The number of amides is 1. The van der Waals surface area contributed by atoms with Gasteiger partial charge in [-0.25, -0.2) is 13.2 Å². The van der Waals surface area contributed by atoms with Crippen LogP contribution in [0.5, 0.6) is 0 Å². The van der Waals surface area contributed by atoms with Gasteiger partial charge in [-0.05, 0) is 25.1 Å². The third kappa shape index (κ3) is 4.98. The van der Waals surface area contributed by atoms with E-state index in [1.54, 1.807) is 25.9 Å². The zero-order valence-electron chi connectivity index (χ0n) is 18.4. The highest BCUT2D eigenvalue weighted by molar-refractivity contribution is 7.89. The Kier molecular flexibility index (Phi) is 7.03. The molecule has 0 aliphatic carbocycles. The number of hydrogen-bond donors (Lipinski definition) is 0. The molecule has 1 aliphatic heterocycles. The van der Waals surface area contributed by atoms with Crippen molar-refractivity contribution in [2.24, 2.45) is 0 Å². The molecule has 1 aliphatic rings. The molecule has 0 atom stereocenters. The van der Waals surface area contributed by atoms with Crippen LogP contribution >= 0.6 is 0 Å². The number of non-ortho nitro benzene ring substituents is 1. The molecule has 2 aromatic rings. The first kappa shape index (κ1) is 24.2.